The van der Waals surface area contributed by atoms with Crippen molar-refractivity contribution >= 4 is 17.7 Å². The Morgan fingerprint density at radius 3 is 2.85 bits per heavy atom. The average Bonchev–Trinajstić information content (AvgIpc) is 2.82. The minimum Gasteiger partial charge on any atom is -0.409 e. The van der Waals surface area contributed by atoms with Crippen molar-refractivity contribution in [2.75, 3.05) is 33.3 Å². The number of carbonyl (C=O) groups is 1. The summed E-state index contributed by atoms with van der Waals surface area (Å²) >= 11 is 6.39. The number of aliphatic hydroxyl groups excluding tert-OH is 1. The number of fused-ring (bicyclic) bond motifs is 1. The number of nitrogens with one attached hydrogen (secondary N) is 1. The van der Waals surface area contributed by atoms with Crippen LogP contribution in [0.2, 0.25) is 5.02 Å². The molecule has 1 atom stereocenters. The number of aliphatic hydroxyl groups is 1. The Morgan fingerprint density at radius 1 is 1.33 bits per heavy atom. The van der Waals surface area contributed by atoms with Gasteiger partial charge in [0.2, 0.25) is 0 Å². The van der Waals surface area contributed by atoms with E-state index in [1.807, 2.05) is 30.3 Å². The Labute approximate surface area is 164 Å². The number of nitrogens with zero attached hydrogens (tertiary/aromatic N) is 1. The Kier molecular flexibility index (Phi) is 6.72. The maximum Gasteiger partial charge on any atom is 0.412 e. The van der Waals surface area contributed by atoms with Crippen LogP contribution in [0.4, 0.5) is 4.79 Å². The van der Waals surface area contributed by atoms with Gasteiger partial charge in [-0.3, -0.25) is 0 Å². The normalized spacial score (nSPS) is 17.1. The van der Waals surface area contributed by atoms with E-state index in [4.69, 9.17) is 21.4 Å². The second-order valence-corrected chi connectivity index (χ2v) is 7.26. The number of likely N-dealkylation sites (N-methyl/N-ethyl adjacent to an activating group) is 1. The van der Waals surface area contributed by atoms with Gasteiger partial charge in [0.25, 0.3) is 0 Å². The van der Waals surface area contributed by atoms with Crippen molar-refractivity contribution in [3.63, 3.8) is 0 Å². The lowest BCUT2D eigenvalue weighted by Crippen LogP contribution is -2.28. The molecule has 1 heterocycles. The smallest absolute Gasteiger partial charge is 0.409 e. The molecule has 1 amide bonds. The number of carbonyl (C=O) groups excluding carboxylic acids is 1. The summed E-state index contributed by atoms with van der Waals surface area (Å²) in [4.78, 5) is 14.3. The van der Waals surface area contributed by atoms with E-state index in [0.717, 1.165) is 25.1 Å². The van der Waals surface area contributed by atoms with Crippen molar-refractivity contribution < 1.29 is 14.6 Å². The summed E-state index contributed by atoms with van der Waals surface area (Å²) in [6, 6.07) is 14.2. The molecule has 1 aliphatic heterocycles. The van der Waals surface area contributed by atoms with Crippen LogP contribution >= 0.6 is 11.6 Å². The number of halogens is 1. The number of rotatable bonds is 5. The Morgan fingerprint density at radius 2 is 2.11 bits per heavy atom. The highest BCUT2D eigenvalue weighted by atomic mass is 35.5. The third-order valence-electron chi connectivity index (χ3n) is 4.84. The standard InChI is InChI=1S/C21H25ClN2O3/c1-24-10-8-16-12-19(22)20(27-21(26)23-9-5-11-25)13-17(16)18(14-24)15-6-3-2-4-7-15/h2-4,6-7,12-13,18,25H,5,8-11,14H2,1H3,(H,23,26)/t18-/m0/s1. The van der Waals surface area contributed by atoms with Crippen molar-refractivity contribution in [2.45, 2.75) is 18.8 Å². The molecule has 0 saturated heterocycles. The SMILES string of the molecule is CN1CCc2cc(Cl)c(OC(=O)NCCCO)cc2[C@H](c2ccccc2)C1. The molecule has 5 nitrogen and oxygen atoms in total. The molecule has 0 radical (unpaired) electrons. The Hall–Kier alpha value is -2.08. The molecule has 144 valence electrons. The zero-order chi connectivity index (χ0) is 19.2. The molecule has 6 heteroatoms. The van der Waals surface area contributed by atoms with Crippen molar-refractivity contribution in [1.29, 1.82) is 0 Å². The summed E-state index contributed by atoms with van der Waals surface area (Å²) in [6.07, 6.45) is 0.820. The molecule has 1 aliphatic rings. The van der Waals surface area contributed by atoms with Gasteiger partial charge < -0.3 is 20.1 Å². The lowest BCUT2D eigenvalue weighted by atomic mass is 9.88. The van der Waals surface area contributed by atoms with E-state index in [2.05, 4.69) is 29.4 Å². The van der Waals surface area contributed by atoms with Crippen LogP contribution in [0.1, 0.15) is 29.0 Å². The average molecular weight is 389 g/mol. The predicted molar refractivity (Wildman–Crippen MR) is 107 cm³/mol. The topological polar surface area (TPSA) is 61.8 Å². The molecule has 0 unspecified atom stereocenters. The van der Waals surface area contributed by atoms with Gasteiger partial charge in [0.05, 0.1) is 5.02 Å². The summed E-state index contributed by atoms with van der Waals surface area (Å²) in [6.45, 7) is 2.22. The van der Waals surface area contributed by atoms with Gasteiger partial charge in [-0.1, -0.05) is 41.9 Å². The number of hydrogen-bond acceptors (Lipinski definition) is 4. The molecule has 0 aromatic heterocycles. The van der Waals surface area contributed by atoms with E-state index in [1.54, 1.807) is 0 Å². The summed E-state index contributed by atoms with van der Waals surface area (Å²) < 4.78 is 5.43. The second-order valence-electron chi connectivity index (χ2n) is 6.85. The zero-order valence-corrected chi connectivity index (χ0v) is 16.2. The first-order valence-corrected chi connectivity index (χ1v) is 9.58. The van der Waals surface area contributed by atoms with Gasteiger partial charge >= 0.3 is 6.09 Å². The Balaban J connectivity index is 1.90. The summed E-state index contributed by atoms with van der Waals surface area (Å²) in [7, 11) is 2.12. The third-order valence-corrected chi connectivity index (χ3v) is 5.13. The largest absolute Gasteiger partial charge is 0.412 e. The van der Waals surface area contributed by atoms with Crippen molar-refractivity contribution in [3.05, 3.63) is 64.2 Å². The molecule has 27 heavy (non-hydrogen) atoms. The first-order chi connectivity index (χ1) is 13.1. The zero-order valence-electron chi connectivity index (χ0n) is 15.5. The highest BCUT2D eigenvalue weighted by molar-refractivity contribution is 6.32. The number of benzene rings is 2. The van der Waals surface area contributed by atoms with Crippen LogP contribution in [-0.4, -0.2) is 49.4 Å². The molecule has 0 saturated carbocycles. The first kappa shape index (κ1) is 19.7. The number of ether oxygens (including phenoxy) is 1. The molecular weight excluding hydrogens is 364 g/mol. The molecule has 0 bridgehead atoms. The van der Waals surface area contributed by atoms with Gasteiger partial charge in [-0.15, -0.1) is 0 Å². The summed E-state index contributed by atoms with van der Waals surface area (Å²) in [5, 5.41) is 11.9. The minimum atomic E-state index is -0.563. The summed E-state index contributed by atoms with van der Waals surface area (Å²) in [5.41, 5.74) is 3.56. The van der Waals surface area contributed by atoms with E-state index >= 15 is 0 Å². The van der Waals surface area contributed by atoms with Gasteiger partial charge in [0.15, 0.2) is 5.75 Å². The van der Waals surface area contributed by atoms with Crippen LogP contribution < -0.4 is 10.1 Å². The summed E-state index contributed by atoms with van der Waals surface area (Å²) in [5.74, 6) is 0.549. The fourth-order valence-electron chi connectivity index (χ4n) is 3.42. The van der Waals surface area contributed by atoms with Crippen LogP contribution in [0.3, 0.4) is 0 Å². The van der Waals surface area contributed by atoms with Gasteiger partial charge in [0, 0.05) is 32.2 Å². The van der Waals surface area contributed by atoms with E-state index < -0.39 is 6.09 Å². The quantitative estimate of drug-likeness (QED) is 0.770. The maximum absolute atomic E-state index is 12.0. The fraction of sp³-hybridized carbons (Fsp3) is 0.381. The van der Waals surface area contributed by atoms with Gasteiger partial charge in [0.1, 0.15) is 0 Å². The van der Waals surface area contributed by atoms with Crippen LogP contribution in [0, 0.1) is 0 Å². The van der Waals surface area contributed by atoms with E-state index in [0.29, 0.717) is 23.7 Å². The number of hydrogen-bond donors (Lipinski definition) is 2. The first-order valence-electron chi connectivity index (χ1n) is 9.21. The highest BCUT2D eigenvalue weighted by Crippen LogP contribution is 2.37. The van der Waals surface area contributed by atoms with Crippen molar-refractivity contribution in [3.8, 4) is 5.75 Å². The monoisotopic (exact) mass is 388 g/mol. The van der Waals surface area contributed by atoms with E-state index in [9.17, 15) is 4.79 Å². The predicted octanol–water partition coefficient (Wildman–Crippen LogP) is 3.43. The molecule has 0 aliphatic carbocycles. The Bertz CT molecular complexity index is 782. The molecule has 3 rings (SSSR count). The molecule has 2 aromatic rings. The molecule has 0 spiro atoms. The van der Waals surface area contributed by atoms with Gasteiger partial charge in [-0.25, -0.2) is 4.79 Å². The van der Waals surface area contributed by atoms with Crippen molar-refractivity contribution in [2.24, 2.45) is 0 Å². The van der Waals surface area contributed by atoms with Crippen LogP contribution in [0.15, 0.2) is 42.5 Å². The van der Waals surface area contributed by atoms with Crippen LogP contribution in [-0.2, 0) is 6.42 Å². The molecular formula is C21H25ClN2O3. The maximum atomic E-state index is 12.0. The molecule has 0 fully saturated rings. The molecule has 2 aromatic carbocycles. The van der Waals surface area contributed by atoms with Gasteiger partial charge in [-0.05, 0) is 48.7 Å². The minimum absolute atomic E-state index is 0.0200. The lowest BCUT2D eigenvalue weighted by Gasteiger charge is -2.22. The fourth-order valence-corrected chi connectivity index (χ4v) is 3.64. The number of amides is 1. The molecule has 2 N–H and O–H groups in total. The third kappa shape index (κ3) is 5.01. The van der Waals surface area contributed by atoms with Gasteiger partial charge in [-0.2, -0.15) is 0 Å². The van der Waals surface area contributed by atoms with Crippen LogP contribution in [0.25, 0.3) is 0 Å². The van der Waals surface area contributed by atoms with Crippen LogP contribution in [0.5, 0.6) is 5.75 Å². The van der Waals surface area contributed by atoms with Crippen molar-refractivity contribution in [1.82, 2.24) is 10.2 Å². The highest BCUT2D eigenvalue weighted by Gasteiger charge is 2.25. The van der Waals surface area contributed by atoms with E-state index in [-0.39, 0.29) is 12.5 Å². The second kappa shape index (κ2) is 9.22. The van der Waals surface area contributed by atoms with E-state index in [1.165, 1.54) is 11.1 Å². The lowest BCUT2D eigenvalue weighted by molar-refractivity contribution is 0.198.